The Kier molecular flexibility index (Phi) is 2.53. The van der Waals surface area contributed by atoms with Crippen molar-refractivity contribution >= 4 is 5.69 Å². The van der Waals surface area contributed by atoms with Gasteiger partial charge in [-0.1, -0.05) is 0 Å². The van der Waals surface area contributed by atoms with Crippen LogP contribution >= 0.6 is 0 Å². The predicted octanol–water partition coefficient (Wildman–Crippen LogP) is 1.39. The normalized spacial score (nSPS) is 18.9. The lowest BCUT2D eigenvalue weighted by Crippen LogP contribution is -2.49. The Balaban J connectivity index is 1.76. The van der Waals surface area contributed by atoms with Crippen LogP contribution in [0, 0.1) is 16.7 Å². The van der Waals surface area contributed by atoms with Crippen molar-refractivity contribution in [3.05, 3.63) is 18.2 Å². The summed E-state index contributed by atoms with van der Waals surface area (Å²) in [5.41, 5.74) is 0.645. The zero-order chi connectivity index (χ0) is 12.6. The number of nitriles is 1. The topological polar surface area (TPSA) is 54.7 Å². The Morgan fingerprint density at radius 3 is 2.78 bits per heavy atom. The maximum absolute atomic E-state index is 9.19. The first-order chi connectivity index (χ1) is 8.72. The summed E-state index contributed by atoms with van der Waals surface area (Å²) < 4.78 is 15.8. The summed E-state index contributed by atoms with van der Waals surface area (Å²) in [4.78, 5) is 2.05. The van der Waals surface area contributed by atoms with Crippen LogP contribution in [0.5, 0.6) is 11.5 Å². The molecule has 2 aliphatic rings. The van der Waals surface area contributed by atoms with Crippen LogP contribution in [0.4, 0.5) is 5.69 Å². The Hall–Kier alpha value is -1.93. The Labute approximate surface area is 105 Å². The third-order valence-electron chi connectivity index (χ3n) is 3.33. The van der Waals surface area contributed by atoms with Crippen molar-refractivity contribution in [2.24, 2.45) is 5.41 Å². The minimum Gasteiger partial charge on any atom is -0.454 e. The molecule has 5 heteroatoms. The summed E-state index contributed by atoms with van der Waals surface area (Å²) in [5, 5.41) is 9.19. The van der Waals surface area contributed by atoms with Crippen molar-refractivity contribution in [1.29, 1.82) is 5.26 Å². The second-order valence-electron chi connectivity index (χ2n) is 4.78. The van der Waals surface area contributed by atoms with Gasteiger partial charge in [-0.15, -0.1) is 0 Å². The molecule has 0 unspecified atom stereocenters. The monoisotopic (exact) mass is 246 g/mol. The number of nitrogens with zero attached hydrogens (tertiary/aromatic N) is 2. The molecule has 0 aromatic heterocycles. The molecule has 5 nitrogen and oxygen atoms in total. The van der Waals surface area contributed by atoms with Gasteiger partial charge in [0.1, 0.15) is 5.41 Å². The Morgan fingerprint density at radius 1 is 1.33 bits per heavy atom. The van der Waals surface area contributed by atoms with E-state index >= 15 is 0 Å². The third-order valence-corrected chi connectivity index (χ3v) is 3.33. The molecule has 0 saturated carbocycles. The molecular weight excluding hydrogens is 232 g/mol. The maximum Gasteiger partial charge on any atom is 0.231 e. The van der Waals surface area contributed by atoms with Gasteiger partial charge in [0.05, 0.1) is 19.3 Å². The highest BCUT2D eigenvalue weighted by Gasteiger charge is 2.40. The second kappa shape index (κ2) is 4.07. The average molecular weight is 246 g/mol. The summed E-state index contributed by atoms with van der Waals surface area (Å²) in [6.45, 7) is 1.96. The van der Waals surface area contributed by atoms with Gasteiger partial charge >= 0.3 is 0 Å². The summed E-state index contributed by atoms with van der Waals surface area (Å²) in [5.74, 6) is 1.53. The molecule has 18 heavy (non-hydrogen) atoms. The molecule has 0 N–H and O–H groups in total. The van der Waals surface area contributed by atoms with Crippen molar-refractivity contribution < 1.29 is 14.2 Å². The van der Waals surface area contributed by atoms with Crippen LogP contribution in [0.2, 0.25) is 0 Å². The van der Waals surface area contributed by atoms with Gasteiger partial charge in [0, 0.05) is 25.3 Å². The number of hydrogen-bond donors (Lipinski definition) is 0. The van der Waals surface area contributed by atoms with Crippen molar-refractivity contribution in [3.63, 3.8) is 0 Å². The number of hydrogen-bond acceptors (Lipinski definition) is 5. The molecule has 0 aliphatic carbocycles. The van der Waals surface area contributed by atoms with E-state index in [0.717, 1.165) is 17.2 Å². The average Bonchev–Trinajstić information content (AvgIpc) is 2.80. The van der Waals surface area contributed by atoms with E-state index in [2.05, 4.69) is 6.07 Å². The van der Waals surface area contributed by atoms with Crippen molar-refractivity contribution in [2.45, 2.75) is 0 Å². The van der Waals surface area contributed by atoms with Gasteiger partial charge in [0.15, 0.2) is 11.5 Å². The standard InChI is InChI=1S/C13H14N2O3/c1-15(6-13(5-14)7-16-8-13)10-2-3-11-12(4-10)18-9-17-11/h2-4H,6-9H2,1H3. The molecule has 0 amide bonds. The Morgan fingerprint density at radius 2 is 2.11 bits per heavy atom. The molecule has 2 aliphatic heterocycles. The van der Waals surface area contributed by atoms with Gasteiger partial charge in [-0.3, -0.25) is 0 Å². The first-order valence-corrected chi connectivity index (χ1v) is 5.82. The maximum atomic E-state index is 9.19. The highest BCUT2D eigenvalue weighted by atomic mass is 16.7. The van der Waals surface area contributed by atoms with E-state index in [4.69, 9.17) is 14.2 Å². The molecule has 1 saturated heterocycles. The van der Waals surface area contributed by atoms with E-state index < -0.39 is 0 Å². The lowest BCUT2D eigenvalue weighted by atomic mass is 9.87. The fourth-order valence-electron chi connectivity index (χ4n) is 2.21. The van der Waals surface area contributed by atoms with Gasteiger partial charge in [0.25, 0.3) is 0 Å². The number of rotatable bonds is 3. The van der Waals surface area contributed by atoms with Crippen LogP contribution < -0.4 is 14.4 Å². The first kappa shape index (κ1) is 11.2. The molecule has 0 atom stereocenters. The molecule has 94 valence electrons. The van der Waals surface area contributed by atoms with Gasteiger partial charge < -0.3 is 19.1 Å². The molecule has 2 heterocycles. The summed E-state index contributed by atoms with van der Waals surface area (Å²) in [6.07, 6.45) is 0. The van der Waals surface area contributed by atoms with E-state index in [0.29, 0.717) is 19.8 Å². The second-order valence-corrected chi connectivity index (χ2v) is 4.78. The quantitative estimate of drug-likeness (QED) is 0.806. The Bertz CT molecular complexity index is 505. The molecule has 1 aromatic carbocycles. The first-order valence-electron chi connectivity index (χ1n) is 5.82. The van der Waals surface area contributed by atoms with E-state index in [1.54, 1.807) is 0 Å². The fourth-order valence-corrected chi connectivity index (χ4v) is 2.21. The minimum atomic E-state index is -0.370. The van der Waals surface area contributed by atoms with E-state index in [9.17, 15) is 5.26 Å². The SMILES string of the molecule is CN(CC1(C#N)COC1)c1ccc2c(c1)OCO2. The molecule has 1 fully saturated rings. The number of anilines is 1. The third kappa shape index (κ3) is 1.75. The predicted molar refractivity (Wildman–Crippen MR) is 64.7 cm³/mol. The number of fused-ring (bicyclic) bond motifs is 1. The van der Waals surface area contributed by atoms with Crippen LogP contribution in [0.25, 0.3) is 0 Å². The van der Waals surface area contributed by atoms with Crippen LogP contribution in [-0.2, 0) is 4.74 Å². The zero-order valence-corrected chi connectivity index (χ0v) is 10.2. The van der Waals surface area contributed by atoms with Crippen molar-refractivity contribution in [2.75, 3.05) is 38.5 Å². The summed E-state index contributed by atoms with van der Waals surface area (Å²) in [6, 6.07) is 8.15. The van der Waals surface area contributed by atoms with Crippen LogP contribution in [-0.4, -0.2) is 33.6 Å². The van der Waals surface area contributed by atoms with E-state index in [-0.39, 0.29) is 12.2 Å². The van der Waals surface area contributed by atoms with Gasteiger partial charge in [0.2, 0.25) is 6.79 Å². The lowest BCUT2D eigenvalue weighted by Gasteiger charge is -2.38. The molecule has 0 spiro atoms. The largest absolute Gasteiger partial charge is 0.454 e. The van der Waals surface area contributed by atoms with Gasteiger partial charge in [-0.25, -0.2) is 0 Å². The van der Waals surface area contributed by atoms with Gasteiger partial charge in [-0.05, 0) is 12.1 Å². The summed E-state index contributed by atoms with van der Waals surface area (Å²) >= 11 is 0. The molecule has 0 bridgehead atoms. The van der Waals surface area contributed by atoms with Crippen molar-refractivity contribution in [1.82, 2.24) is 0 Å². The minimum absolute atomic E-state index is 0.276. The molecular formula is C13H14N2O3. The van der Waals surface area contributed by atoms with Crippen LogP contribution in [0.1, 0.15) is 0 Å². The van der Waals surface area contributed by atoms with Crippen LogP contribution in [0.3, 0.4) is 0 Å². The zero-order valence-electron chi connectivity index (χ0n) is 10.2. The van der Waals surface area contributed by atoms with E-state index in [1.165, 1.54) is 0 Å². The fraction of sp³-hybridized carbons (Fsp3) is 0.462. The van der Waals surface area contributed by atoms with Crippen LogP contribution in [0.15, 0.2) is 18.2 Å². The van der Waals surface area contributed by atoms with E-state index in [1.807, 2.05) is 30.1 Å². The van der Waals surface area contributed by atoms with Crippen molar-refractivity contribution in [3.8, 4) is 17.6 Å². The summed E-state index contributed by atoms with van der Waals surface area (Å²) in [7, 11) is 1.97. The smallest absolute Gasteiger partial charge is 0.231 e. The molecule has 1 aromatic rings. The molecule has 3 rings (SSSR count). The van der Waals surface area contributed by atoms with Gasteiger partial charge in [-0.2, -0.15) is 5.26 Å². The number of benzene rings is 1. The number of ether oxygens (including phenoxy) is 3. The lowest BCUT2D eigenvalue weighted by molar-refractivity contribution is -0.0716. The highest BCUT2D eigenvalue weighted by Crippen LogP contribution is 2.36. The highest BCUT2D eigenvalue weighted by molar-refractivity contribution is 5.57. The molecule has 0 radical (unpaired) electrons.